The van der Waals surface area contributed by atoms with E-state index in [0.717, 1.165) is 50.3 Å². The number of anilines is 1. The highest BCUT2D eigenvalue weighted by Gasteiger charge is 2.35. The molecule has 1 aromatic carbocycles. The molecule has 0 aromatic heterocycles. The highest BCUT2D eigenvalue weighted by molar-refractivity contribution is 5.65. The quantitative estimate of drug-likeness (QED) is 0.884. The molecule has 2 fully saturated rings. The highest BCUT2D eigenvalue weighted by Crippen LogP contribution is 2.27. The molecule has 2 N–H and O–H groups in total. The number of benzene rings is 1. The Morgan fingerprint density at radius 2 is 1.95 bits per heavy atom. The van der Waals surface area contributed by atoms with Crippen molar-refractivity contribution < 1.29 is 9.90 Å². The molecule has 2 aliphatic heterocycles. The van der Waals surface area contributed by atoms with Gasteiger partial charge in [0, 0.05) is 32.2 Å². The highest BCUT2D eigenvalue weighted by atomic mass is 16.4. The number of amides is 1. The van der Waals surface area contributed by atoms with E-state index >= 15 is 0 Å². The molecule has 6 nitrogen and oxygen atoms in total. The van der Waals surface area contributed by atoms with Crippen LogP contribution in [-0.2, 0) is 0 Å². The third kappa shape index (κ3) is 3.00. The Morgan fingerprint density at radius 1 is 1.27 bits per heavy atom. The van der Waals surface area contributed by atoms with E-state index in [1.54, 1.807) is 0 Å². The monoisotopic (exact) mass is 300 g/mol. The maximum absolute atomic E-state index is 10.6. The van der Waals surface area contributed by atoms with E-state index < -0.39 is 6.09 Å². The molecule has 6 heteroatoms. The van der Waals surface area contributed by atoms with Crippen molar-refractivity contribution >= 4 is 11.8 Å². The lowest BCUT2D eigenvalue weighted by molar-refractivity contribution is 0.0623. The van der Waals surface area contributed by atoms with Crippen molar-refractivity contribution in [1.82, 2.24) is 10.2 Å². The second-order valence-electron chi connectivity index (χ2n) is 5.95. The molecule has 2 saturated heterocycles. The molecule has 3 rings (SSSR count). The van der Waals surface area contributed by atoms with Crippen molar-refractivity contribution in [2.75, 3.05) is 31.1 Å². The summed E-state index contributed by atoms with van der Waals surface area (Å²) >= 11 is 0. The zero-order valence-corrected chi connectivity index (χ0v) is 12.4. The number of para-hydroxylation sites is 1. The van der Waals surface area contributed by atoms with Crippen molar-refractivity contribution in [1.29, 1.82) is 5.26 Å². The lowest BCUT2D eigenvalue weighted by Crippen LogP contribution is -2.63. The van der Waals surface area contributed by atoms with Crippen LogP contribution >= 0.6 is 0 Å². The largest absolute Gasteiger partial charge is 0.465 e. The summed E-state index contributed by atoms with van der Waals surface area (Å²) in [6, 6.07) is 10.6. The molecule has 0 atom stereocenters. The van der Waals surface area contributed by atoms with Crippen LogP contribution in [0.2, 0.25) is 0 Å². The van der Waals surface area contributed by atoms with Gasteiger partial charge in [0.2, 0.25) is 0 Å². The van der Waals surface area contributed by atoms with E-state index in [4.69, 9.17) is 5.11 Å². The van der Waals surface area contributed by atoms with Crippen LogP contribution in [0.3, 0.4) is 0 Å². The predicted octanol–water partition coefficient (Wildman–Crippen LogP) is 1.48. The van der Waals surface area contributed by atoms with Crippen molar-refractivity contribution in [3.05, 3.63) is 29.8 Å². The van der Waals surface area contributed by atoms with E-state index in [1.165, 1.54) is 0 Å². The molecular weight excluding hydrogens is 280 g/mol. The van der Waals surface area contributed by atoms with Gasteiger partial charge in [-0.3, -0.25) is 4.90 Å². The maximum Gasteiger partial charge on any atom is 0.404 e. The van der Waals surface area contributed by atoms with Gasteiger partial charge in [-0.1, -0.05) is 12.1 Å². The Balaban J connectivity index is 1.51. The van der Waals surface area contributed by atoms with E-state index in [1.807, 2.05) is 24.3 Å². The third-order valence-corrected chi connectivity index (χ3v) is 4.58. The predicted molar refractivity (Wildman–Crippen MR) is 82.9 cm³/mol. The maximum atomic E-state index is 10.6. The molecule has 22 heavy (non-hydrogen) atoms. The van der Waals surface area contributed by atoms with Gasteiger partial charge in [0.15, 0.2) is 0 Å². The molecule has 2 aliphatic rings. The summed E-state index contributed by atoms with van der Waals surface area (Å²) < 4.78 is 0. The summed E-state index contributed by atoms with van der Waals surface area (Å²) in [5, 5.41) is 20.4. The van der Waals surface area contributed by atoms with E-state index in [2.05, 4.69) is 21.2 Å². The van der Waals surface area contributed by atoms with Crippen molar-refractivity contribution in [2.45, 2.75) is 24.9 Å². The fraction of sp³-hybridized carbons (Fsp3) is 0.500. The summed E-state index contributed by atoms with van der Waals surface area (Å²) in [7, 11) is 0. The number of carbonyl (C=O) groups is 1. The van der Waals surface area contributed by atoms with Crippen molar-refractivity contribution in [2.24, 2.45) is 0 Å². The van der Waals surface area contributed by atoms with Gasteiger partial charge in [0.25, 0.3) is 0 Å². The molecule has 1 amide bonds. The van der Waals surface area contributed by atoms with Crippen LogP contribution in [0.25, 0.3) is 0 Å². The van der Waals surface area contributed by atoms with Crippen LogP contribution in [0.4, 0.5) is 10.5 Å². The molecule has 116 valence electrons. The molecule has 1 aromatic rings. The number of rotatable bonds is 3. The first-order valence-electron chi connectivity index (χ1n) is 7.65. The number of piperidine rings is 1. The Labute approximate surface area is 129 Å². The van der Waals surface area contributed by atoms with E-state index in [9.17, 15) is 10.1 Å². The zero-order chi connectivity index (χ0) is 15.5. The van der Waals surface area contributed by atoms with Gasteiger partial charge >= 0.3 is 6.09 Å². The van der Waals surface area contributed by atoms with Crippen molar-refractivity contribution in [3.8, 4) is 6.07 Å². The Bertz CT molecular complexity index is 584. The van der Waals surface area contributed by atoms with Gasteiger partial charge in [-0.2, -0.15) is 5.26 Å². The molecule has 0 radical (unpaired) electrons. The van der Waals surface area contributed by atoms with Crippen LogP contribution in [0.5, 0.6) is 0 Å². The van der Waals surface area contributed by atoms with Gasteiger partial charge in [0.1, 0.15) is 6.07 Å². The minimum atomic E-state index is -0.937. The van der Waals surface area contributed by atoms with Gasteiger partial charge in [-0.15, -0.1) is 0 Å². The van der Waals surface area contributed by atoms with Crippen LogP contribution in [0, 0.1) is 11.3 Å². The Hall–Kier alpha value is -2.26. The van der Waals surface area contributed by atoms with Gasteiger partial charge in [-0.25, -0.2) is 4.79 Å². The second-order valence-corrected chi connectivity index (χ2v) is 5.95. The smallest absolute Gasteiger partial charge is 0.404 e. The van der Waals surface area contributed by atoms with E-state index in [0.29, 0.717) is 6.04 Å². The molecule has 0 spiro atoms. The molecule has 2 heterocycles. The SMILES string of the molecule is N#Cc1ccccc1N1CCC(N2CC(NC(=O)O)C2)CC1. The van der Waals surface area contributed by atoms with Crippen LogP contribution in [-0.4, -0.2) is 54.4 Å². The first-order chi connectivity index (χ1) is 10.7. The summed E-state index contributed by atoms with van der Waals surface area (Å²) in [6.07, 6.45) is 1.17. The lowest BCUT2D eigenvalue weighted by Gasteiger charge is -2.47. The Morgan fingerprint density at radius 3 is 2.59 bits per heavy atom. The Kier molecular flexibility index (Phi) is 4.16. The van der Waals surface area contributed by atoms with Crippen molar-refractivity contribution in [3.63, 3.8) is 0 Å². The molecule has 0 saturated carbocycles. The lowest BCUT2D eigenvalue weighted by atomic mass is 9.97. The average molecular weight is 300 g/mol. The van der Waals surface area contributed by atoms with Gasteiger partial charge in [-0.05, 0) is 25.0 Å². The number of carboxylic acid groups (broad SMARTS) is 1. The first kappa shape index (κ1) is 14.7. The fourth-order valence-corrected chi connectivity index (χ4v) is 3.39. The second kappa shape index (κ2) is 6.24. The normalized spacial score (nSPS) is 20.2. The number of hydrogen-bond donors (Lipinski definition) is 2. The summed E-state index contributed by atoms with van der Waals surface area (Å²) in [5.41, 5.74) is 1.76. The average Bonchev–Trinajstić information content (AvgIpc) is 2.50. The summed E-state index contributed by atoms with van der Waals surface area (Å²) in [6.45, 7) is 3.51. The van der Waals surface area contributed by atoms with Crippen LogP contribution in [0.1, 0.15) is 18.4 Å². The summed E-state index contributed by atoms with van der Waals surface area (Å²) in [4.78, 5) is 15.2. The van der Waals surface area contributed by atoms with E-state index in [-0.39, 0.29) is 6.04 Å². The number of likely N-dealkylation sites (tertiary alicyclic amines) is 1. The number of nitriles is 1. The first-order valence-corrected chi connectivity index (χ1v) is 7.65. The summed E-state index contributed by atoms with van der Waals surface area (Å²) in [5.74, 6) is 0. The molecule has 0 unspecified atom stereocenters. The van der Waals surface area contributed by atoms with Gasteiger partial charge < -0.3 is 15.3 Å². The van der Waals surface area contributed by atoms with Crippen LogP contribution in [0.15, 0.2) is 24.3 Å². The molecular formula is C16H20N4O2. The number of nitrogens with one attached hydrogen (secondary N) is 1. The third-order valence-electron chi connectivity index (χ3n) is 4.58. The number of hydrogen-bond acceptors (Lipinski definition) is 4. The fourth-order valence-electron chi connectivity index (χ4n) is 3.39. The zero-order valence-electron chi connectivity index (χ0n) is 12.4. The minimum Gasteiger partial charge on any atom is -0.465 e. The number of nitrogens with zero attached hydrogens (tertiary/aromatic N) is 3. The topological polar surface area (TPSA) is 79.6 Å². The van der Waals surface area contributed by atoms with Crippen LogP contribution < -0.4 is 10.2 Å². The molecule has 0 aliphatic carbocycles. The standard InChI is InChI=1S/C16H20N4O2/c17-9-12-3-1-2-4-15(12)19-7-5-14(6-8-19)20-10-13(11-20)18-16(21)22/h1-4,13-14,18H,5-8,10-11H2,(H,21,22). The minimum absolute atomic E-state index is 0.0786. The molecule has 0 bridgehead atoms. The van der Waals surface area contributed by atoms with Gasteiger partial charge in [0.05, 0.1) is 17.3 Å².